The summed E-state index contributed by atoms with van der Waals surface area (Å²) in [6.45, 7) is 0.672. The number of hydrogen-bond acceptors (Lipinski definition) is 2. The van der Waals surface area contributed by atoms with Crippen molar-refractivity contribution in [3.63, 3.8) is 0 Å². The molecule has 124 valence electrons. The molecule has 3 N–H and O–H groups in total. The number of nitrogens with zero attached hydrogens (tertiary/aromatic N) is 1. The predicted octanol–water partition coefficient (Wildman–Crippen LogP) is 4.33. The minimum Gasteiger partial charge on any atom is -0.497 e. The highest BCUT2D eigenvalue weighted by molar-refractivity contribution is 14.0. The Bertz CT molecular complexity index is 632. The molecular weight excluding hydrogens is 425 g/mol. The van der Waals surface area contributed by atoms with E-state index in [9.17, 15) is 0 Å². The van der Waals surface area contributed by atoms with Gasteiger partial charge in [-0.3, -0.25) is 4.99 Å². The van der Waals surface area contributed by atoms with Gasteiger partial charge in [0.2, 0.25) is 0 Å². The summed E-state index contributed by atoms with van der Waals surface area (Å²) in [5.74, 6) is 1.19. The minimum atomic E-state index is 0. The molecule has 0 radical (unpaired) electrons. The standard InChI is InChI=1S/C17H20ClN3O.HI/c1-22-16-6-2-5-15(12-16)21-17(19)20-11-3-4-13-7-9-14(18)10-8-13;/h2,5-10,12H,3-4,11H2,1H3,(H3,19,20,21);1H. The van der Waals surface area contributed by atoms with Crippen LogP contribution >= 0.6 is 35.6 Å². The van der Waals surface area contributed by atoms with Crippen LogP contribution < -0.4 is 15.8 Å². The summed E-state index contributed by atoms with van der Waals surface area (Å²) in [4.78, 5) is 4.32. The fourth-order valence-corrected chi connectivity index (χ4v) is 2.15. The Hall–Kier alpha value is -1.47. The van der Waals surface area contributed by atoms with Gasteiger partial charge in [0.1, 0.15) is 5.75 Å². The molecule has 0 atom stereocenters. The lowest BCUT2D eigenvalue weighted by Gasteiger charge is -2.07. The number of methoxy groups -OCH3 is 1. The topological polar surface area (TPSA) is 59.6 Å². The van der Waals surface area contributed by atoms with Crippen molar-refractivity contribution in [3.8, 4) is 5.75 Å². The first kappa shape index (κ1) is 19.6. The van der Waals surface area contributed by atoms with Crippen LogP contribution in [-0.4, -0.2) is 19.6 Å². The molecule has 2 aromatic rings. The summed E-state index contributed by atoms with van der Waals surface area (Å²) >= 11 is 5.86. The van der Waals surface area contributed by atoms with E-state index in [0.29, 0.717) is 12.5 Å². The van der Waals surface area contributed by atoms with Crippen molar-refractivity contribution in [3.05, 3.63) is 59.1 Å². The van der Waals surface area contributed by atoms with E-state index in [-0.39, 0.29) is 24.0 Å². The average Bonchev–Trinajstić information content (AvgIpc) is 2.53. The first-order valence-corrected chi connectivity index (χ1v) is 7.50. The summed E-state index contributed by atoms with van der Waals surface area (Å²) in [6.07, 6.45) is 1.88. The largest absolute Gasteiger partial charge is 0.497 e. The monoisotopic (exact) mass is 445 g/mol. The SMILES string of the molecule is COc1cccc(NC(N)=NCCCc2ccc(Cl)cc2)c1.I. The summed E-state index contributed by atoms with van der Waals surface area (Å²) in [5, 5.41) is 3.81. The van der Waals surface area contributed by atoms with Crippen LogP contribution in [-0.2, 0) is 6.42 Å². The Kier molecular flexibility index (Phi) is 8.79. The Morgan fingerprint density at radius 2 is 1.96 bits per heavy atom. The number of anilines is 1. The van der Waals surface area contributed by atoms with Crippen molar-refractivity contribution in [2.24, 2.45) is 10.7 Å². The number of rotatable bonds is 6. The van der Waals surface area contributed by atoms with Crippen molar-refractivity contribution in [1.82, 2.24) is 0 Å². The Balaban J connectivity index is 0.00000264. The van der Waals surface area contributed by atoms with Crippen molar-refractivity contribution in [2.45, 2.75) is 12.8 Å². The first-order chi connectivity index (χ1) is 10.7. The molecular formula is C17H21ClIN3O. The van der Waals surface area contributed by atoms with Gasteiger partial charge in [0.15, 0.2) is 5.96 Å². The van der Waals surface area contributed by atoms with Crippen molar-refractivity contribution >= 4 is 47.2 Å². The van der Waals surface area contributed by atoms with Crippen molar-refractivity contribution in [1.29, 1.82) is 0 Å². The first-order valence-electron chi connectivity index (χ1n) is 7.13. The second kappa shape index (κ2) is 10.3. The van der Waals surface area contributed by atoms with E-state index in [1.54, 1.807) is 7.11 Å². The fourth-order valence-electron chi connectivity index (χ4n) is 2.02. The number of halogens is 2. The third kappa shape index (κ3) is 7.09. The maximum atomic E-state index is 5.88. The predicted molar refractivity (Wildman–Crippen MR) is 108 cm³/mol. The van der Waals surface area contributed by atoms with Crippen LogP contribution in [0.5, 0.6) is 5.75 Å². The summed E-state index contributed by atoms with van der Waals surface area (Å²) < 4.78 is 5.16. The Morgan fingerprint density at radius 3 is 2.65 bits per heavy atom. The molecule has 0 aliphatic carbocycles. The van der Waals surface area contributed by atoms with Gasteiger partial charge in [-0.2, -0.15) is 0 Å². The van der Waals surface area contributed by atoms with Crippen molar-refractivity contribution < 1.29 is 4.74 Å². The lowest BCUT2D eigenvalue weighted by atomic mass is 10.1. The Morgan fingerprint density at radius 1 is 1.22 bits per heavy atom. The second-order valence-corrected chi connectivity index (χ2v) is 5.29. The van der Waals surface area contributed by atoms with E-state index in [2.05, 4.69) is 10.3 Å². The molecule has 0 amide bonds. The molecule has 2 rings (SSSR count). The maximum Gasteiger partial charge on any atom is 0.193 e. The molecule has 0 heterocycles. The third-order valence-electron chi connectivity index (χ3n) is 3.16. The fraction of sp³-hybridized carbons (Fsp3) is 0.235. The number of hydrogen-bond donors (Lipinski definition) is 2. The number of aliphatic imine (C=N–C) groups is 1. The van der Waals surface area contributed by atoms with Gasteiger partial charge in [0.25, 0.3) is 0 Å². The van der Waals surface area contributed by atoms with Crippen LogP contribution in [0.25, 0.3) is 0 Å². The molecule has 0 unspecified atom stereocenters. The highest BCUT2D eigenvalue weighted by Crippen LogP contribution is 2.16. The summed E-state index contributed by atoms with van der Waals surface area (Å²) in [5.41, 5.74) is 7.99. The normalized spacial score (nSPS) is 10.8. The molecule has 2 aromatic carbocycles. The molecule has 0 fully saturated rings. The van der Waals surface area contributed by atoms with E-state index in [4.69, 9.17) is 22.1 Å². The zero-order valence-corrected chi connectivity index (χ0v) is 16.0. The van der Waals surface area contributed by atoms with E-state index in [0.717, 1.165) is 29.3 Å². The van der Waals surface area contributed by atoms with Gasteiger partial charge in [-0.15, -0.1) is 24.0 Å². The lowest BCUT2D eigenvalue weighted by Crippen LogP contribution is -2.22. The van der Waals surface area contributed by atoms with Crippen LogP contribution in [0.2, 0.25) is 5.02 Å². The number of benzene rings is 2. The van der Waals surface area contributed by atoms with Gasteiger partial charge in [-0.1, -0.05) is 29.8 Å². The number of nitrogens with one attached hydrogen (secondary N) is 1. The molecule has 4 nitrogen and oxygen atoms in total. The Labute approximate surface area is 159 Å². The highest BCUT2D eigenvalue weighted by atomic mass is 127. The molecule has 0 aliphatic heterocycles. The molecule has 6 heteroatoms. The number of nitrogens with two attached hydrogens (primary N) is 1. The molecule has 23 heavy (non-hydrogen) atoms. The highest BCUT2D eigenvalue weighted by Gasteiger charge is 1.98. The molecule has 0 aromatic heterocycles. The van der Waals surface area contributed by atoms with Gasteiger partial charge >= 0.3 is 0 Å². The van der Waals surface area contributed by atoms with Gasteiger partial charge < -0.3 is 15.8 Å². The molecule has 0 aliphatic rings. The van der Waals surface area contributed by atoms with E-state index in [1.165, 1.54) is 5.56 Å². The van der Waals surface area contributed by atoms with Crippen LogP contribution in [0, 0.1) is 0 Å². The summed E-state index contributed by atoms with van der Waals surface area (Å²) in [7, 11) is 1.63. The van der Waals surface area contributed by atoms with Crippen LogP contribution in [0.4, 0.5) is 5.69 Å². The van der Waals surface area contributed by atoms with Crippen LogP contribution in [0.3, 0.4) is 0 Å². The van der Waals surface area contributed by atoms with E-state index in [1.807, 2.05) is 48.5 Å². The molecule has 0 bridgehead atoms. The third-order valence-corrected chi connectivity index (χ3v) is 3.41. The molecule has 0 spiro atoms. The second-order valence-electron chi connectivity index (χ2n) is 4.85. The molecule has 0 saturated heterocycles. The maximum absolute atomic E-state index is 5.88. The van der Waals surface area contributed by atoms with Gasteiger partial charge in [0.05, 0.1) is 7.11 Å². The average molecular weight is 446 g/mol. The van der Waals surface area contributed by atoms with Gasteiger partial charge in [-0.25, -0.2) is 0 Å². The van der Waals surface area contributed by atoms with E-state index < -0.39 is 0 Å². The smallest absolute Gasteiger partial charge is 0.193 e. The quantitative estimate of drug-likeness (QED) is 0.301. The van der Waals surface area contributed by atoms with Crippen molar-refractivity contribution in [2.75, 3.05) is 19.0 Å². The zero-order valence-electron chi connectivity index (χ0n) is 13.0. The van der Waals surface area contributed by atoms with Gasteiger partial charge in [-0.05, 0) is 42.7 Å². The number of ether oxygens (including phenoxy) is 1. The van der Waals surface area contributed by atoms with Crippen LogP contribution in [0.15, 0.2) is 53.5 Å². The van der Waals surface area contributed by atoms with Gasteiger partial charge in [0, 0.05) is 23.3 Å². The van der Waals surface area contributed by atoms with Crippen LogP contribution in [0.1, 0.15) is 12.0 Å². The zero-order chi connectivity index (χ0) is 15.8. The lowest BCUT2D eigenvalue weighted by molar-refractivity contribution is 0.415. The molecule has 0 saturated carbocycles. The number of aryl methyl sites for hydroxylation is 1. The minimum absolute atomic E-state index is 0. The van der Waals surface area contributed by atoms with E-state index >= 15 is 0 Å². The summed E-state index contributed by atoms with van der Waals surface area (Å²) in [6, 6.07) is 15.4. The number of guanidine groups is 1.